The molecular formula is C8H10FN5. The third-order valence-electron chi connectivity index (χ3n) is 1.45. The summed E-state index contributed by atoms with van der Waals surface area (Å²) in [6.07, 6.45) is 0.982. The second-order valence-corrected chi connectivity index (χ2v) is 2.52. The number of nitrogens with zero attached hydrogens (tertiary/aromatic N) is 2. The summed E-state index contributed by atoms with van der Waals surface area (Å²) in [7, 11) is 0. The van der Waals surface area contributed by atoms with Crippen molar-refractivity contribution in [2.45, 2.75) is 0 Å². The Kier molecular flexibility index (Phi) is 3.01. The molecule has 0 bridgehead atoms. The van der Waals surface area contributed by atoms with Gasteiger partial charge in [0.25, 0.3) is 0 Å². The number of hydrogen-bond acceptors (Lipinski definition) is 3. The summed E-state index contributed by atoms with van der Waals surface area (Å²) in [6.45, 7) is 0. The fourth-order valence-corrected chi connectivity index (χ4v) is 0.913. The molecule has 0 unspecified atom stereocenters. The Morgan fingerprint density at radius 3 is 2.64 bits per heavy atom. The molecule has 0 amide bonds. The van der Waals surface area contributed by atoms with Crippen molar-refractivity contribution in [2.24, 2.45) is 21.7 Å². The van der Waals surface area contributed by atoms with Crippen LogP contribution >= 0.6 is 0 Å². The molecule has 0 saturated heterocycles. The molecule has 0 aliphatic rings. The molecule has 0 fully saturated rings. The fourth-order valence-electron chi connectivity index (χ4n) is 0.913. The summed E-state index contributed by atoms with van der Waals surface area (Å²) in [5.41, 5.74) is 16.5. The summed E-state index contributed by atoms with van der Waals surface area (Å²) < 4.78 is 12.9. The van der Waals surface area contributed by atoms with Gasteiger partial charge in [-0.1, -0.05) is 0 Å². The maximum Gasteiger partial charge on any atom is 0.153 e. The Morgan fingerprint density at radius 2 is 2.07 bits per heavy atom. The van der Waals surface area contributed by atoms with Crippen molar-refractivity contribution in [3.63, 3.8) is 0 Å². The van der Waals surface area contributed by atoms with Crippen molar-refractivity contribution >= 4 is 17.9 Å². The zero-order valence-electron chi connectivity index (χ0n) is 7.31. The van der Waals surface area contributed by atoms with E-state index in [9.17, 15) is 4.39 Å². The van der Waals surface area contributed by atoms with Gasteiger partial charge in [-0.05, 0) is 18.2 Å². The lowest BCUT2D eigenvalue weighted by Crippen LogP contribution is -2.13. The van der Waals surface area contributed by atoms with E-state index in [-0.39, 0.29) is 11.5 Å². The quantitative estimate of drug-likeness (QED) is 0.268. The first kappa shape index (κ1) is 9.97. The summed E-state index contributed by atoms with van der Waals surface area (Å²) in [5, 5.41) is 6.87. The molecule has 6 N–H and O–H groups in total. The maximum atomic E-state index is 12.9. The molecule has 0 aliphatic carbocycles. The fraction of sp³-hybridized carbons (Fsp3) is 0. The van der Waals surface area contributed by atoms with Gasteiger partial charge in [0.05, 0.1) is 0 Å². The molecule has 0 radical (unpaired) electrons. The van der Waals surface area contributed by atoms with Gasteiger partial charge in [0.2, 0.25) is 0 Å². The zero-order valence-corrected chi connectivity index (χ0v) is 7.31. The molecule has 0 aliphatic heterocycles. The highest BCUT2D eigenvalue weighted by Crippen LogP contribution is 2.10. The monoisotopic (exact) mass is 195 g/mol. The van der Waals surface area contributed by atoms with Crippen molar-refractivity contribution in [3.05, 3.63) is 29.6 Å². The minimum atomic E-state index is -0.477. The lowest BCUT2D eigenvalue weighted by molar-refractivity contribution is 0.628. The molecular weight excluding hydrogens is 185 g/mol. The topological polar surface area (TPSA) is 103 Å². The van der Waals surface area contributed by atoms with E-state index in [2.05, 4.69) is 10.2 Å². The lowest BCUT2D eigenvalue weighted by Gasteiger charge is -2.00. The molecule has 5 nitrogen and oxygen atoms in total. The third kappa shape index (κ3) is 2.44. The van der Waals surface area contributed by atoms with Crippen LogP contribution in [0.4, 0.5) is 10.1 Å². The highest BCUT2D eigenvalue weighted by Gasteiger charge is 2.01. The van der Waals surface area contributed by atoms with E-state index in [1.54, 1.807) is 0 Å². The molecule has 6 heteroatoms. The van der Waals surface area contributed by atoms with Crippen LogP contribution in [0.15, 0.2) is 28.4 Å². The van der Waals surface area contributed by atoms with Crippen LogP contribution in [0.5, 0.6) is 0 Å². The van der Waals surface area contributed by atoms with Gasteiger partial charge >= 0.3 is 0 Å². The second-order valence-electron chi connectivity index (χ2n) is 2.52. The summed E-state index contributed by atoms with van der Waals surface area (Å²) >= 11 is 0. The molecule has 14 heavy (non-hydrogen) atoms. The standard InChI is InChI=1S/C8H10FN5/c9-6-1-5(2-7(11)3-6)8(12)14-13-4-10/h1-4H,11H2,(H2,10,13)(H2,12,14). The van der Waals surface area contributed by atoms with Gasteiger partial charge in [-0.15, -0.1) is 10.2 Å². The molecule has 1 aromatic rings. The van der Waals surface area contributed by atoms with E-state index in [1.165, 1.54) is 18.2 Å². The zero-order chi connectivity index (χ0) is 10.6. The van der Waals surface area contributed by atoms with Crippen molar-refractivity contribution in [1.29, 1.82) is 0 Å². The van der Waals surface area contributed by atoms with Crippen LogP contribution in [0, 0.1) is 5.82 Å². The van der Waals surface area contributed by atoms with E-state index >= 15 is 0 Å². The molecule has 1 rings (SSSR count). The molecule has 74 valence electrons. The number of nitrogen functional groups attached to an aromatic ring is 1. The maximum absolute atomic E-state index is 12.9. The van der Waals surface area contributed by atoms with Crippen molar-refractivity contribution in [2.75, 3.05) is 5.73 Å². The van der Waals surface area contributed by atoms with Crippen LogP contribution in [0.2, 0.25) is 0 Å². The Balaban J connectivity index is 3.06. The smallest absolute Gasteiger partial charge is 0.153 e. The summed E-state index contributed by atoms with van der Waals surface area (Å²) in [4.78, 5) is 0. The normalized spacial score (nSPS) is 12.2. The van der Waals surface area contributed by atoms with Crippen LogP contribution in [0.3, 0.4) is 0 Å². The van der Waals surface area contributed by atoms with E-state index in [0.717, 1.165) is 6.34 Å². The number of nitrogens with two attached hydrogens (primary N) is 3. The van der Waals surface area contributed by atoms with Gasteiger partial charge < -0.3 is 17.2 Å². The average Bonchev–Trinajstić information content (AvgIpc) is 2.12. The van der Waals surface area contributed by atoms with Gasteiger partial charge in [-0.25, -0.2) is 4.39 Å². The predicted molar refractivity (Wildman–Crippen MR) is 54.2 cm³/mol. The van der Waals surface area contributed by atoms with Gasteiger partial charge in [-0.2, -0.15) is 0 Å². The Hall–Kier alpha value is -2.11. The lowest BCUT2D eigenvalue weighted by atomic mass is 10.2. The number of anilines is 1. The van der Waals surface area contributed by atoms with Crippen LogP contribution < -0.4 is 17.2 Å². The number of benzene rings is 1. The van der Waals surface area contributed by atoms with Crippen molar-refractivity contribution < 1.29 is 4.39 Å². The summed E-state index contributed by atoms with van der Waals surface area (Å²) in [6, 6.07) is 3.89. The SMILES string of the molecule is N/C=N\N=C(/N)c1cc(N)cc(F)c1. The van der Waals surface area contributed by atoms with Crippen molar-refractivity contribution in [3.8, 4) is 0 Å². The van der Waals surface area contributed by atoms with Crippen LogP contribution in [0.1, 0.15) is 5.56 Å². The molecule has 0 atom stereocenters. The van der Waals surface area contributed by atoms with Gasteiger partial charge in [0.15, 0.2) is 5.84 Å². The Labute approximate surface area is 80.1 Å². The van der Waals surface area contributed by atoms with Gasteiger partial charge in [0, 0.05) is 11.3 Å². The average molecular weight is 195 g/mol. The Bertz CT molecular complexity index is 365. The van der Waals surface area contributed by atoms with Gasteiger partial charge in [-0.3, -0.25) is 0 Å². The van der Waals surface area contributed by atoms with E-state index in [4.69, 9.17) is 17.2 Å². The first-order chi connectivity index (χ1) is 6.63. The van der Waals surface area contributed by atoms with Crippen LogP contribution in [-0.4, -0.2) is 12.2 Å². The number of amidine groups is 1. The third-order valence-corrected chi connectivity index (χ3v) is 1.45. The Morgan fingerprint density at radius 1 is 1.36 bits per heavy atom. The van der Waals surface area contributed by atoms with Crippen LogP contribution in [0.25, 0.3) is 0 Å². The van der Waals surface area contributed by atoms with E-state index in [0.29, 0.717) is 5.56 Å². The number of halogens is 1. The number of hydrogen-bond donors (Lipinski definition) is 3. The van der Waals surface area contributed by atoms with E-state index < -0.39 is 5.82 Å². The minimum Gasteiger partial charge on any atom is -0.399 e. The number of rotatable bonds is 2. The van der Waals surface area contributed by atoms with Crippen molar-refractivity contribution in [1.82, 2.24) is 0 Å². The second kappa shape index (κ2) is 4.22. The van der Waals surface area contributed by atoms with Crippen LogP contribution in [-0.2, 0) is 0 Å². The summed E-state index contributed by atoms with van der Waals surface area (Å²) in [5.74, 6) is -0.423. The highest BCUT2D eigenvalue weighted by molar-refractivity contribution is 5.98. The molecule has 0 heterocycles. The minimum absolute atomic E-state index is 0.0536. The first-order valence-electron chi connectivity index (χ1n) is 3.76. The largest absolute Gasteiger partial charge is 0.399 e. The first-order valence-corrected chi connectivity index (χ1v) is 3.76. The predicted octanol–water partition coefficient (Wildman–Crippen LogP) is 0.0152. The molecule has 1 aromatic carbocycles. The highest BCUT2D eigenvalue weighted by atomic mass is 19.1. The van der Waals surface area contributed by atoms with E-state index in [1.807, 2.05) is 0 Å². The van der Waals surface area contributed by atoms with Gasteiger partial charge in [0.1, 0.15) is 12.2 Å². The molecule has 0 aromatic heterocycles. The molecule has 0 saturated carbocycles. The molecule has 0 spiro atoms.